The predicted octanol–water partition coefficient (Wildman–Crippen LogP) is 6.55. The average Bonchev–Trinajstić information content (AvgIpc) is 3.66. The van der Waals surface area contributed by atoms with Crippen molar-refractivity contribution in [1.82, 2.24) is 15.1 Å². The second kappa shape index (κ2) is 12.3. The normalized spacial score (nSPS) is 15.5. The first-order valence-corrected chi connectivity index (χ1v) is 15.6. The Hall–Kier alpha value is -4.80. The number of aromatic nitrogens is 2. The molecule has 4 aromatic carbocycles. The van der Waals surface area contributed by atoms with Crippen molar-refractivity contribution >= 4 is 41.0 Å². The fourth-order valence-corrected chi connectivity index (χ4v) is 6.87. The minimum absolute atomic E-state index is 0.107. The summed E-state index contributed by atoms with van der Waals surface area (Å²) in [5, 5.41) is 8.04. The largest absolute Gasteiger partial charge is 0.454 e. The highest BCUT2D eigenvalue weighted by Gasteiger charge is 2.38. The lowest BCUT2D eigenvalue weighted by Crippen LogP contribution is -2.42. The number of hydrogen-bond donors (Lipinski definition) is 1. The highest BCUT2D eigenvalue weighted by atomic mass is 35.5. The molecule has 0 unspecified atom stereocenters. The van der Waals surface area contributed by atoms with Crippen LogP contribution in [0.5, 0.6) is 11.5 Å². The summed E-state index contributed by atoms with van der Waals surface area (Å²) in [5.74, 6) is 0.856. The summed E-state index contributed by atoms with van der Waals surface area (Å²) < 4.78 is 26.3. The monoisotopic (exact) mass is 640 g/mol. The molecular formula is C34H26ClFN4O4S. The van der Waals surface area contributed by atoms with Crippen molar-refractivity contribution in [2.75, 3.05) is 24.0 Å². The van der Waals surface area contributed by atoms with Crippen molar-refractivity contribution in [1.29, 1.82) is 0 Å². The quantitative estimate of drug-likeness (QED) is 0.217. The van der Waals surface area contributed by atoms with Gasteiger partial charge in [0.2, 0.25) is 18.6 Å². The van der Waals surface area contributed by atoms with Crippen LogP contribution in [0.2, 0.25) is 5.02 Å². The first kappa shape index (κ1) is 28.9. The molecule has 45 heavy (non-hydrogen) atoms. The number of ether oxygens (including phenoxy) is 2. The van der Waals surface area contributed by atoms with E-state index in [2.05, 4.69) is 5.32 Å². The third kappa shape index (κ3) is 5.74. The zero-order valence-electron chi connectivity index (χ0n) is 23.8. The molecular weight excluding hydrogens is 615 g/mol. The SMILES string of the molecule is O=C(CN1C(=O)CS[C@@H](c2ccc3c(c2)OCO3)c2c(-c3ccccc3)nn(-c3ccccc3Cl)c21)NCc1ccc(F)cc1. The molecule has 0 spiro atoms. The Morgan fingerprint density at radius 3 is 2.53 bits per heavy atom. The molecule has 7 rings (SSSR count). The zero-order valence-corrected chi connectivity index (χ0v) is 25.4. The van der Waals surface area contributed by atoms with Crippen LogP contribution in [0.15, 0.2) is 97.1 Å². The van der Waals surface area contributed by atoms with Gasteiger partial charge in [0.1, 0.15) is 18.2 Å². The number of benzene rings is 4. The van der Waals surface area contributed by atoms with Gasteiger partial charge in [0, 0.05) is 17.7 Å². The summed E-state index contributed by atoms with van der Waals surface area (Å²) >= 11 is 8.18. The summed E-state index contributed by atoms with van der Waals surface area (Å²) in [6.07, 6.45) is 0. The first-order chi connectivity index (χ1) is 22.0. The van der Waals surface area contributed by atoms with Crippen molar-refractivity contribution in [3.05, 3.63) is 125 Å². The Morgan fingerprint density at radius 1 is 0.978 bits per heavy atom. The van der Waals surface area contributed by atoms with E-state index in [9.17, 15) is 14.0 Å². The van der Waals surface area contributed by atoms with Gasteiger partial charge in [0.15, 0.2) is 11.5 Å². The molecule has 2 aliphatic rings. The zero-order chi connectivity index (χ0) is 30.9. The number of para-hydroxylation sites is 1. The number of rotatable bonds is 7. The number of halogens is 2. The Balaban J connectivity index is 1.38. The van der Waals surface area contributed by atoms with Gasteiger partial charge in [0.25, 0.3) is 0 Å². The molecule has 0 aliphatic carbocycles. The van der Waals surface area contributed by atoms with Gasteiger partial charge in [0.05, 0.1) is 27.4 Å². The number of amides is 2. The molecule has 1 N–H and O–H groups in total. The summed E-state index contributed by atoms with van der Waals surface area (Å²) in [6.45, 7) is 0.0638. The Morgan fingerprint density at radius 2 is 1.73 bits per heavy atom. The molecule has 3 heterocycles. The van der Waals surface area contributed by atoms with E-state index in [0.29, 0.717) is 33.7 Å². The van der Waals surface area contributed by atoms with Crippen LogP contribution in [0, 0.1) is 5.82 Å². The van der Waals surface area contributed by atoms with Crippen LogP contribution in [-0.4, -0.2) is 40.7 Å². The summed E-state index contributed by atoms with van der Waals surface area (Å²) in [6, 6.07) is 28.6. The van der Waals surface area contributed by atoms with Gasteiger partial charge in [-0.3, -0.25) is 14.5 Å². The predicted molar refractivity (Wildman–Crippen MR) is 171 cm³/mol. The van der Waals surface area contributed by atoms with Crippen LogP contribution in [0.3, 0.4) is 0 Å². The molecule has 0 fully saturated rings. The Labute approximate surface area is 267 Å². The van der Waals surface area contributed by atoms with Crippen LogP contribution in [0.1, 0.15) is 21.9 Å². The molecule has 5 aromatic rings. The molecule has 0 bridgehead atoms. The van der Waals surface area contributed by atoms with Gasteiger partial charge in [-0.05, 0) is 47.5 Å². The van der Waals surface area contributed by atoms with E-state index in [0.717, 1.165) is 22.3 Å². The molecule has 226 valence electrons. The topological polar surface area (TPSA) is 85.7 Å². The lowest BCUT2D eigenvalue weighted by Gasteiger charge is -2.23. The van der Waals surface area contributed by atoms with Gasteiger partial charge >= 0.3 is 0 Å². The third-order valence-electron chi connectivity index (χ3n) is 7.62. The van der Waals surface area contributed by atoms with Gasteiger partial charge in [-0.25, -0.2) is 9.07 Å². The fraction of sp³-hybridized carbons (Fsp3) is 0.147. The number of nitrogens with zero attached hydrogens (tertiary/aromatic N) is 3. The van der Waals surface area contributed by atoms with E-state index in [1.165, 1.54) is 28.8 Å². The maximum absolute atomic E-state index is 14.0. The molecule has 0 saturated heterocycles. The molecule has 8 nitrogen and oxygen atoms in total. The van der Waals surface area contributed by atoms with E-state index in [4.69, 9.17) is 26.2 Å². The van der Waals surface area contributed by atoms with E-state index >= 15 is 0 Å². The van der Waals surface area contributed by atoms with Crippen molar-refractivity contribution in [2.24, 2.45) is 0 Å². The van der Waals surface area contributed by atoms with Gasteiger partial charge in [-0.15, -0.1) is 11.8 Å². The summed E-state index contributed by atoms with van der Waals surface area (Å²) in [7, 11) is 0. The lowest BCUT2D eigenvalue weighted by atomic mass is 9.99. The van der Waals surface area contributed by atoms with Crippen molar-refractivity contribution in [3.63, 3.8) is 0 Å². The second-order valence-corrected chi connectivity index (χ2v) is 12.0. The molecule has 1 atom stereocenters. The number of thioether (sulfide) groups is 1. The highest BCUT2D eigenvalue weighted by molar-refractivity contribution is 8.00. The van der Waals surface area contributed by atoms with E-state index in [1.807, 2.05) is 66.7 Å². The molecule has 2 aliphatic heterocycles. The minimum atomic E-state index is -0.377. The van der Waals surface area contributed by atoms with Crippen LogP contribution in [-0.2, 0) is 16.1 Å². The van der Waals surface area contributed by atoms with Crippen LogP contribution < -0.4 is 19.7 Å². The smallest absolute Gasteiger partial charge is 0.240 e. The van der Waals surface area contributed by atoms with Gasteiger partial charge in [-0.2, -0.15) is 5.10 Å². The molecule has 0 saturated carbocycles. The number of hydrogen-bond acceptors (Lipinski definition) is 6. The lowest BCUT2D eigenvalue weighted by molar-refractivity contribution is -0.123. The first-order valence-electron chi connectivity index (χ1n) is 14.2. The number of fused-ring (bicyclic) bond motifs is 2. The van der Waals surface area contributed by atoms with Gasteiger partial charge < -0.3 is 14.8 Å². The van der Waals surface area contributed by atoms with E-state index < -0.39 is 0 Å². The molecule has 11 heteroatoms. The summed E-state index contributed by atoms with van der Waals surface area (Å²) in [5.41, 5.74) is 4.48. The fourth-order valence-electron chi connectivity index (χ4n) is 5.46. The summed E-state index contributed by atoms with van der Waals surface area (Å²) in [4.78, 5) is 28.9. The van der Waals surface area contributed by atoms with Crippen LogP contribution in [0.25, 0.3) is 16.9 Å². The van der Waals surface area contributed by atoms with Crippen molar-refractivity contribution in [2.45, 2.75) is 11.8 Å². The minimum Gasteiger partial charge on any atom is -0.454 e. The van der Waals surface area contributed by atoms with Gasteiger partial charge in [-0.1, -0.05) is 72.3 Å². The number of anilines is 1. The number of carbonyl (C=O) groups is 2. The van der Waals surface area contributed by atoms with E-state index in [1.54, 1.807) is 22.9 Å². The average molecular weight is 641 g/mol. The Bertz CT molecular complexity index is 1900. The number of carbonyl (C=O) groups excluding carboxylic acids is 2. The molecule has 1 aromatic heterocycles. The highest BCUT2D eigenvalue weighted by Crippen LogP contribution is 2.50. The van der Waals surface area contributed by atoms with E-state index in [-0.39, 0.29) is 48.5 Å². The van der Waals surface area contributed by atoms with Crippen LogP contribution >= 0.6 is 23.4 Å². The molecule has 2 amide bonds. The maximum Gasteiger partial charge on any atom is 0.240 e. The third-order valence-corrected chi connectivity index (χ3v) is 9.20. The Kier molecular flexibility index (Phi) is 7.91. The second-order valence-electron chi connectivity index (χ2n) is 10.5. The maximum atomic E-state index is 14.0. The number of nitrogens with one attached hydrogen (secondary N) is 1. The van der Waals surface area contributed by atoms with Crippen molar-refractivity contribution < 1.29 is 23.5 Å². The molecule has 0 radical (unpaired) electrons. The van der Waals surface area contributed by atoms with Crippen molar-refractivity contribution in [3.8, 4) is 28.4 Å². The standard InChI is InChI=1S/C34H26ClFN4O4S/c35-25-8-4-5-9-26(25)40-34-31(32(38-40)22-6-2-1-3-7-22)33(23-12-15-27-28(16-23)44-20-43-27)45-19-30(42)39(34)18-29(41)37-17-21-10-13-24(36)14-11-21/h1-16,33H,17-20H2,(H,37,41)/t33-/m0/s1. The van der Waals surface area contributed by atoms with Crippen LogP contribution in [0.4, 0.5) is 10.2 Å².